The van der Waals surface area contributed by atoms with Crippen LogP contribution in [0.1, 0.15) is 30.1 Å². The van der Waals surface area contributed by atoms with Gasteiger partial charge in [0.15, 0.2) is 0 Å². The van der Waals surface area contributed by atoms with Crippen LogP contribution in [0.25, 0.3) is 11.0 Å². The third kappa shape index (κ3) is 3.55. The summed E-state index contributed by atoms with van der Waals surface area (Å²) in [5, 5.41) is 8.83. The zero-order valence-electron chi connectivity index (χ0n) is 11.9. The monoisotopic (exact) mass is 325 g/mol. The van der Waals surface area contributed by atoms with Gasteiger partial charge in [-0.1, -0.05) is 6.07 Å². The van der Waals surface area contributed by atoms with Gasteiger partial charge in [-0.3, -0.25) is 0 Å². The first kappa shape index (κ1) is 15.8. The van der Waals surface area contributed by atoms with Crippen molar-refractivity contribution in [2.45, 2.75) is 25.3 Å². The highest BCUT2D eigenvalue weighted by atomic mass is 35.5. The average Bonchev–Trinajstić information content (AvgIpc) is 2.76. The summed E-state index contributed by atoms with van der Waals surface area (Å²) in [7, 11) is -3.00. The molecule has 0 amide bonds. The third-order valence-corrected chi connectivity index (χ3v) is 4.41. The van der Waals surface area contributed by atoms with Crippen molar-refractivity contribution in [2.24, 2.45) is 0 Å². The Balaban J connectivity index is 2.45. The second kappa shape index (κ2) is 6.04. The van der Waals surface area contributed by atoms with Gasteiger partial charge in [-0.15, -0.1) is 11.6 Å². The molecule has 7 heteroatoms. The topological polar surface area (TPSA) is 75.8 Å². The van der Waals surface area contributed by atoms with E-state index in [1.54, 1.807) is 12.1 Å². The fraction of sp³-hybridized carbons (Fsp3) is 0.429. The number of imidazole rings is 1. The number of hydrogen-bond donors (Lipinski definition) is 0. The Bertz CT molecular complexity index is 803. The van der Waals surface area contributed by atoms with E-state index in [9.17, 15) is 8.42 Å². The minimum Gasteiger partial charge on any atom is -0.327 e. The molecule has 1 unspecified atom stereocenters. The van der Waals surface area contributed by atoms with Gasteiger partial charge in [0.05, 0.1) is 22.2 Å². The van der Waals surface area contributed by atoms with Crippen LogP contribution >= 0.6 is 11.6 Å². The van der Waals surface area contributed by atoms with E-state index in [-0.39, 0.29) is 11.1 Å². The molecule has 0 aliphatic carbocycles. The molecule has 0 aliphatic rings. The highest BCUT2D eigenvalue weighted by Crippen LogP contribution is 2.26. The Kier molecular flexibility index (Phi) is 4.55. The van der Waals surface area contributed by atoms with Gasteiger partial charge in [0, 0.05) is 12.8 Å². The molecule has 1 aromatic carbocycles. The first-order valence-corrected chi connectivity index (χ1v) is 9.04. The van der Waals surface area contributed by atoms with Gasteiger partial charge in [0.25, 0.3) is 0 Å². The predicted octanol–water partition coefficient (Wildman–Crippen LogP) is 2.64. The first-order valence-electron chi connectivity index (χ1n) is 6.54. The molecule has 5 nitrogen and oxygen atoms in total. The Morgan fingerprint density at radius 1 is 1.48 bits per heavy atom. The van der Waals surface area contributed by atoms with Gasteiger partial charge in [-0.2, -0.15) is 5.26 Å². The van der Waals surface area contributed by atoms with Gasteiger partial charge < -0.3 is 4.57 Å². The van der Waals surface area contributed by atoms with Crippen molar-refractivity contribution in [1.29, 1.82) is 5.26 Å². The minimum atomic E-state index is -3.00. The Labute approximate surface area is 129 Å². The van der Waals surface area contributed by atoms with E-state index in [1.165, 1.54) is 6.26 Å². The van der Waals surface area contributed by atoms with E-state index in [0.717, 1.165) is 5.52 Å². The molecule has 112 valence electrons. The number of sulfone groups is 1. The number of benzene rings is 1. The van der Waals surface area contributed by atoms with Gasteiger partial charge in [0.1, 0.15) is 27.2 Å². The van der Waals surface area contributed by atoms with E-state index in [4.69, 9.17) is 16.9 Å². The van der Waals surface area contributed by atoms with E-state index >= 15 is 0 Å². The minimum absolute atomic E-state index is 0.112. The molecule has 0 spiro atoms. The predicted molar refractivity (Wildman–Crippen MR) is 83.0 cm³/mol. The van der Waals surface area contributed by atoms with Gasteiger partial charge in [0.2, 0.25) is 0 Å². The third-order valence-electron chi connectivity index (χ3n) is 3.18. The molecular formula is C14H16ClN3O2S. The van der Waals surface area contributed by atoms with Crippen LogP contribution in [0.3, 0.4) is 0 Å². The van der Waals surface area contributed by atoms with Crippen molar-refractivity contribution >= 4 is 32.5 Å². The maximum absolute atomic E-state index is 11.2. The fourth-order valence-electron chi connectivity index (χ4n) is 2.28. The van der Waals surface area contributed by atoms with Gasteiger partial charge in [-0.25, -0.2) is 13.4 Å². The zero-order valence-corrected chi connectivity index (χ0v) is 13.4. The maximum atomic E-state index is 11.2. The number of para-hydroxylation sites is 1. The van der Waals surface area contributed by atoms with Crippen LogP contribution in [-0.4, -0.2) is 30.0 Å². The maximum Gasteiger partial charge on any atom is 0.147 e. The molecule has 0 saturated heterocycles. The van der Waals surface area contributed by atoms with Gasteiger partial charge in [-0.05, 0) is 25.5 Å². The molecule has 1 atom stereocenters. The lowest BCUT2D eigenvalue weighted by molar-refractivity contribution is 0.590. The fourth-order valence-corrected chi connectivity index (χ4v) is 3.10. The van der Waals surface area contributed by atoms with Crippen molar-refractivity contribution in [3.05, 3.63) is 29.6 Å². The first-order chi connectivity index (χ1) is 9.83. The summed E-state index contributed by atoms with van der Waals surface area (Å²) < 4.78 is 24.4. The van der Waals surface area contributed by atoms with E-state index in [2.05, 4.69) is 11.1 Å². The number of aryl methyl sites for hydroxylation is 1. The number of aromatic nitrogens is 2. The normalized spacial score (nSPS) is 13.2. The average molecular weight is 326 g/mol. The molecule has 2 rings (SSSR count). The second-order valence-corrected chi connectivity index (χ2v) is 7.92. The number of rotatable bonds is 5. The van der Waals surface area contributed by atoms with Crippen LogP contribution in [0.5, 0.6) is 0 Å². The Morgan fingerprint density at radius 3 is 2.76 bits per heavy atom. The van der Waals surface area contributed by atoms with Crippen LogP contribution in [-0.2, 0) is 16.4 Å². The van der Waals surface area contributed by atoms with Crippen molar-refractivity contribution in [3.8, 4) is 6.07 Å². The molecule has 0 aliphatic heterocycles. The summed E-state index contributed by atoms with van der Waals surface area (Å²) in [6.45, 7) is 2.31. The number of nitriles is 1. The molecule has 0 radical (unpaired) electrons. The summed E-state index contributed by atoms with van der Waals surface area (Å²) >= 11 is 6.16. The van der Waals surface area contributed by atoms with Crippen LogP contribution < -0.4 is 0 Å². The van der Waals surface area contributed by atoms with Crippen molar-refractivity contribution in [1.82, 2.24) is 9.55 Å². The Hall–Kier alpha value is -1.58. The lowest BCUT2D eigenvalue weighted by Crippen LogP contribution is -2.10. The van der Waals surface area contributed by atoms with Crippen LogP contribution in [0.15, 0.2) is 18.2 Å². The largest absolute Gasteiger partial charge is 0.327 e. The molecule has 0 N–H and O–H groups in total. The molecule has 1 heterocycles. The lowest BCUT2D eigenvalue weighted by Gasteiger charge is -2.10. The number of alkyl halides is 1. The standard InChI is InChI=1S/C14H16ClN3O2S/c1-10(15)14-17-13-11(9-16)5-3-6-12(13)18(14)7-4-8-21(2,19)20/h3,5-6,10H,4,7-8H2,1-2H3. The lowest BCUT2D eigenvalue weighted by atomic mass is 10.2. The molecular weight excluding hydrogens is 310 g/mol. The highest BCUT2D eigenvalue weighted by Gasteiger charge is 2.17. The number of nitrogens with zero attached hydrogens (tertiary/aromatic N) is 3. The van der Waals surface area contributed by atoms with Gasteiger partial charge >= 0.3 is 0 Å². The molecule has 1 aromatic heterocycles. The van der Waals surface area contributed by atoms with Crippen molar-refractivity contribution in [3.63, 3.8) is 0 Å². The van der Waals surface area contributed by atoms with E-state index in [1.807, 2.05) is 17.6 Å². The second-order valence-electron chi connectivity index (χ2n) is 5.01. The summed E-state index contributed by atoms with van der Waals surface area (Å²) in [5.41, 5.74) is 1.92. The van der Waals surface area contributed by atoms with Crippen molar-refractivity contribution < 1.29 is 8.42 Å². The van der Waals surface area contributed by atoms with Crippen LogP contribution in [0.2, 0.25) is 0 Å². The summed E-state index contributed by atoms with van der Waals surface area (Å²) in [4.78, 5) is 4.46. The molecule has 0 fully saturated rings. The number of hydrogen-bond acceptors (Lipinski definition) is 4. The summed E-state index contributed by atoms with van der Waals surface area (Å²) in [6.07, 6.45) is 1.70. The number of halogens is 1. The molecule has 21 heavy (non-hydrogen) atoms. The molecule has 0 saturated carbocycles. The Morgan fingerprint density at radius 2 is 2.19 bits per heavy atom. The summed E-state index contributed by atoms with van der Waals surface area (Å²) in [5.74, 6) is 0.767. The quantitative estimate of drug-likeness (QED) is 0.792. The SMILES string of the molecule is CC(Cl)c1nc2c(C#N)cccc2n1CCCS(C)(=O)=O. The molecule has 0 bridgehead atoms. The molecule has 2 aromatic rings. The van der Waals surface area contributed by atoms with E-state index in [0.29, 0.717) is 29.9 Å². The van der Waals surface area contributed by atoms with Crippen LogP contribution in [0, 0.1) is 11.3 Å². The smallest absolute Gasteiger partial charge is 0.147 e. The number of fused-ring (bicyclic) bond motifs is 1. The van der Waals surface area contributed by atoms with Crippen molar-refractivity contribution in [2.75, 3.05) is 12.0 Å². The zero-order chi connectivity index (χ0) is 15.6. The summed E-state index contributed by atoms with van der Waals surface area (Å²) in [6, 6.07) is 7.48. The van der Waals surface area contributed by atoms with E-state index < -0.39 is 9.84 Å². The van der Waals surface area contributed by atoms with Crippen LogP contribution in [0.4, 0.5) is 0 Å². The highest BCUT2D eigenvalue weighted by molar-refractivity contribution is 7.90.